The molecule has 4 nitrogen and oxygen atoms in total. The summed E-state index contributed by atoms with van der Waals surface area (Å²) in [4.78, 5) is 10.7. The quantitative estimate of drug-likeness (QED) is 0.848. The van der Waals surface area contributed by atoms with E-state index in [-0.39, 0.29) is 17.7 Å². The number of rotatable bonds is 4. The molecule has 1 unspecified atom stereocenters. The van der Waals surface area contributed by atoms with Gasteiger partial charge in [-0.25, -0.2) is 4.39 Å². The number of hydrogen-bond donors (Lipinski definition) is 2. The van der Waals surface area contributed by atoms with Crippen LogP contribution in [0.2, 0.25) is 0 Å². The first kappa shape index (κ1) is 13.3. The molecule has 0 radical (unpaired) electrons. The first-order chi connectivity index (χ1) is 7.88. The lowest BCUT2D eigenvalue weighted by Gasteiger charge is -2.13. The maximum absolute atomic E-state index is 13.7. The normalized spacial score (nSPS) is 12.2. The summed E-state index contributed by atoms with van der Waals surface area (Å²) in [5, 5.41) is 18.3. The minimum atomic E-state index is -1.00. The van der Waals surface area contributed by atoms with Gasteiger partial charge in [0.2, 0.25) is 0 Å². The highest BCUT2D eigenvalue weighted by molar-refractivity contribution is 5.70. The third-order valence-corrected chi connectivity index (χ3v) is 2.61. The molecule has 0 bridgehead atoms. The second-order valence-electron chi connectivity index (χ2n) is 3.99. The summed E-state index contributed by atoms with van der Waals surface area (Å²) < 4.78 is 18.6. The van der Waals surface area contributed by atoms with Gasteiger partial charge < -0.3 is 14.9 Å². The Morgan fingerprint density at radius 2 is 2.18 bits per heavy atom. The fourth-order valence-corrected chi connectivity index (χ4v) is 1.65. The van der Waals surface area contributed by atoms with Crippen LogP contribution in [-0.4, -0.2) is 23.3 Å². The van der Waals surface area contributed by atoms with Gasteiger partial charge in [0.1, 0.15) is 0 Å². The van der Waals surface area contributed by atoms with Crippen LogP contribution in [0.1, 0.15) is 18.1 Å². The van der Waals surface area contributed by atoms with Gasteiger partial charge in [-0.2, -0.15) is 0 Å². The number of aromatic hydroxyl groups is 1. The summed E-state index contributed by atoms with van der Waals surface area (Å²) >= 11 is 0. The molecule has 1 aromatic carbocycles. The summed E-state index contributed by atoms with van der Waals surface area (Å²) in [6.07, 6.45) is 0.0273. The molecule has 0 aliphatic carbocycles. The minimum absolute atomic E-state index is 0.0273. The molecule has 0 aliphatic rings. The van der Waals surface area contributed by atoms with Crippen molar-refractivity contribution in [1.29, 1.82) is 0 Å². The van der Waals surface area contributed by atoms with E-state index in [2.05, 4.69) is 0 Å². The number of methoxy groups -OCH3 is 1. The number of carbonyl (C=O) groups is 1. The lowest BCUT2D eigenvalue weighted by Crippen LogP contribution is -2.13. The van der Waals surface area contributed by atoms with E-state index in [9.17, 15) is 14.3 Å². The van der Waals surface area contributed by atoms with E-state index in [1.807, 2.05) is 0 Å². The molecule has 0 aliphatic heterocycles. The molecule has 0 spiro atoms. The van der Waals surface area contributed by atoms with Crippen molar-refractivity contribution < 1.29 is 24.1 Å². The number of carboxylic acid groups (broad SMARTS) is 1. The van der Waals surface area contributed by atoms with Crippen molar-refractivity contribution in [2.45, 2.75) is 20.3 Å². The zero-order chi connectivity index (χ0) is 13.2. The van der Waals surface area contributed by atoms with Gasteiger partial charge in [0.25, 0.3) is 0 Å². The predicted molar refractivity (Wildman–Crippen MR) is 59.9 cm³/mol. The molecule has 5 heteroatoms. The van der Waals surface area contributed by atoms with Crippen molar-refractivity contribution >= 4 is 5.97 Å². The van der Waals surface area contributed by atoms with E-state index >= 15 is 0 Å². The molecule has 2 N–H and O–H groups in total. The van der Waals surface area contributed by atoms with Gasteiger partial charge in [0.15, 0.2) is 17.3 Å². The molecular formula is C12H15FO4. The zero-order valence-electron chi connectivity index (χ0n) is 9.95. The van der Waals surface area contributed by atoms with Crippen LogP contribution in [-0.2, 0) is 11.2 Å². The van der Waals surface area contributed by atoms with E-state index in [1.54, 1.807) is 6.92 Å². The summed E-state index contributed by atoms with van der Waals surface area (Å²) in [7, 11) is 1.33. The molecule has 1 atom stereocenters. The van der Waals surface area contributed by atoms with Gasteiger partial charge in [-0.1, -0.05) is 6.92 Å². The van der Waals surface area contributed by atoms with Crippen LogP contribution in [0, 0.1) is 18.7 Å². The average Bonchev–Trinajstić information content (AvgIpc) is 2.26. The molecule has 0 saturated heterocycles. The fourth-order valence-electron chi connectivity index (χ4n) is 1.65. The molecule has 0 heterocycles. The molecule has 94 valence electrons. The Balaban J connectivity index is 3.15. The molecule has 0 fully saturated rings. The lowest BCUT2D eigenvalue weighted by molar-refractivity contribution is -0.141. The molecule has 0 amide bonds. The smallest absolute Gasteiger partial charge is 0.306 e. The van der Waals surface area contributed by atoms with E-state index in [0.717, 1.165) is 0 Å². The van der Waals surface area contributed by atoms with Crippen LogP contribution in [0.25, 0.3) is 0 Å². The largest absolute Gasteiger partial charge is 0.502 e. The molecule has 1 rings (SSSR count). The molecule has 17 heavy (non-hydrogen) atoms. The predicted octanol–water partition coefficient (Wildman–Crippen LogP) is 2.11. The van der Waals surface area contributed by atoms with Gasteiger partial charge in [-0.3, -0.25) is 4.79 Å². The number of phenols is 1. The zero-order valence-corrected chi connectivity index (χ0v) is 9.95. The number of aliphatic carboxylic acids is 1. The van der Waals surface area contributed by atoms with Gasteiger partial charge in [-0.05, 0) is 30.5 Å². The Hall–Kier alpha value is -1.78. The Morgan fingerprint density at radius 3 is 2.65 bits per heavy atom. The highest BCUT2D eigenvalue weighted by Crippen LogP contribution is 2.35. The van der Waals surface area contributed by atoms with Crippen LogP contribution < -0.4 is 4.74 Å². The van der Waals surface area contributed by atoms with Crippen molar-refractivity contribution in [1.82, 2.24) is 0 Å². The highest BCUT2D eigenvalue weighted by atomic mass is 19.1. The number of halogens is 1. The second kappa shape index (κ2) is 5.03. The van der Waals surface area contributed by atoms with Crippen LogP contribution in [0.3, 0.4) is 0 Å². The average molecular weight is 242 g/mol. The van der Waals surface area contributed by atoms with Crippen LogP contribution >= 0.6 is 0 Å². The number of hydrogen-bond acceptors (Lipinski definition) is 3. The Kier molecular flexibility index (Phi) is 3.93. The van der Waals surface area contributed by atoms with E-state index < -0.39 is 23.5 Å². The van der Waals surface area contributed by atoms with E-state index in [4.69, 9.17) is 9.84 Å². The van der Waals surface area contributed by atoms with E-state index in [0.29, 0.717) is 5.56 Å². The van der Waals surface area contributed by atoms with Gasteiger partial charge in [-0.15, -0.1) is 0 Å². The third kappa shape index (κ3) is 2.67. The maximum atomic E-state index is 13.7. The van der Waals surface area contributed by atoms with Crippen molar-refractivity contribution in [3.63, 3.8) is 0 Å². The number of carboxylic acids is 1. The first-order valence-electron chi connectivity index (χ1n) is 5.16. The Bertz CT molecular complexity index is 443. The second-order valence-corrected chi connectivity index (χ2v) is 3.99. The highest BCUT2D eigenvalue weighted by Gasteiger charge is 2.20. The standard InChI is InChI=1S/C12H15FO4/c1-6-4-8(5-7(2)12(15)16)9(13)10(14)11(6)17-3/h4,7,14H,5H2,1-3H3,(H,15,16). The number of ether oxygens (including phenoxy) is 1. The van der Waals surface area contributed by atoms with Crippen molar-refractivity contribution in [2.24, 2.45) is 5.92 Å². The fraction of sp³-hybridized carbons (Fsp3) is 0.417. The lowest BCUT2D eigenvalue weighted by atomic mass is 9.98. The molecule has 0 aromatic heterocycles. The summed E-state index contributed by atoms with van der Waals surface area (Å²) in [5.74, 6) is -3.02. The minimum Gasteiger partial charge on any atom is -0.502 e. The first-order valence-corrected chi connectivity index (χ1v) is 5.16. The van der Waals surface area contributed by atoms with Crippen LogP contribution in [0.15, 0.2) is 6.07 Å². The molecule has 1 aromatic rings. The van der Waals surface area contributed by atoms with Crippen molar-refractivity contribution in [3.8, 4) is 11.5 Å². The van der Waals surface area contributed by atoms with Crippen LogP contribution in [0.5, 0.6) is 11.5 Å². The summed E-state index contributed by atoms with van der Waals surface area (Å²) in [6.45, 7) is 3.14. The van der Waals surface area contributed by atoms with Crippen LogP contribution in [0.4, 0.5) is 4.39 Å². The number of benzene rings is 1. The number of aryl methyl sites for hydroxylation is 1. The molecular weight excluding hydrogens is 227 g/mol. The monoisotopic (exact) mass is 242 g/mol. The van der Waals surface area contributed by atoms with E-state index in [1.165, 1.54) is 20.1 Å². The van der Waals surface area contributed by atoms with Gasteiger partial charge in [0, 0.05) is 0 Å². The topological polar surface area (TPSA) is 66.8 Å². The third-order valence-electron chi connectivity index (χ3n) is 2.61. The van der Waals surface area contributed by atoms with Gasteiger partial charge in [0.05, 0.1) is 13.0 Å². The van der Waals surface area contributed by atoms with Crippen molar-refractivity contribution in [2.75, 3.05) is 7.11 Å². The molecule has 0 saturated carbocycles. The number of phenolic OH excluding ortho intramolecular Hbond substituents is 1. The van der Waals surface area contributed by atoms with Crippen molar-refractivity contribution in [3.05, 3.63) is 23.0 Å². The summed E-state index contributed by atoms with van der Waals surface area (Å²) in [6, 6.07) is 1.49. The Labute approximate surface area is 98.7 Å². The maximum Gasteiger partial charge on any atom is 0.306 e. The van der Waals surface area contributed by atoms with Gasteiger partial charge >= 0.3 is 5.97 Å². The summed E-state index contributed by atoms with van der Waals surface area (Å²) in [5.41, 5.74) is 0.745. The Morgan fingerprint density at radius 1 is 1.59 bits per heavy atom. The SMILES string of the molecule is COc1c(C)cc(CC(C)C(=O)O)c(F)c1O.